The van der Waals surface area contributed by atoms with Crippen molar-refractivity contribution in [2.24, 2.45) is 5.73 Å². The largest absolute Gasteiger partial charge is 0.478 e. The smallest absolute Gasteiger partial charge is 0.335 e. The predicted octanol–water partition coefficient (Wildman–Crippen LogP) is 4.25. The van der Waals surface area contributed by atoms with Crippen LogP contribution in [0.4, 0.5) is 0 Å². The van der Waals surface area contributed by atoms with Crippen LogP contribution in [0.15, 0.2) is 12.1 Å². The average molecular weight is 330 g/mol. The van der Waals surface area contributed by atoms with Crippen molar-refractivity contribution >= 4 is 16.9 Å². The van der Waals surface area contributed by atoms with Gasteiger partial charge in [0.05, 0.1) is 11.1 Å². The van der Waals surface area contributed by atoms with E-state index in [-0.39, 0.29) is 5.41 Å². The fraction of sp³-hybridized carbons (Fsp3) is 0.550. The second-order valence-electron chi connectivity index (χ2n) is 7.58. The zero-order chi connectivity index (χ0) is 18.1. The fourth-order valence-corrected chi connectivity index (χ4v) is 3.45. The van der Waals surface area contributed by atoms with Gasteiger partial charge < -0.3 is 15.4 Å². The Hall–Kier alpha value is -1.81. The number of fused-ring (bicyclic) bond motifs is 1. The summed E-state index contributed by atoms with van der Waals surface area (Å²) in [5, 5.41) is 10.6. The van der Waals surface area contributed by atoms with Crippen molar-refractivity contribution in [1.82, 2.24) is 4.57 Å². The molecule has 0 bridgehead atoms. The van der Waals surface area contributed by atoms with E-state index in [2.05, 4.69) is 39.2 Å². The molecule has 0 aliphatic heterocycles. The summed E-state index contributed by atoms with van der Waals surface area (Å²) in [6.07, 6.45) is 3.20. The molecule has 0 spiro atoms. The highest BCUT2D eigenvalue weighted by atomic mass is 16.4. The van der Waals surface area contributed by atoms with Crippen LogP contribution in [0.5, 0.6) is 0 Å². The normalized spacial score (nSPS) is 12.1. The Kier molecular flexibility index (Phi) is 5.38. The predicted molar refractivity (Wildman–Crippen MR) is 100 cm³/mol. The molecule has 0 unspecified atom stereocenters. The van der Waals surface area contributed by atoms with Gasteiger partial charge in [0.2, 0.25) is 0 Å². The first-order chi connectivity index (χ1) is 11.2. The molecule has 1 aromatic heterocycles. The standard InChI is InChI=1S/C20H30N2O2/c1-6-7-8-15-13(2)22(10-9-21)18-16(15)11-14(19(23)24)12-17(18)20(3,4)5/h11-12H,6-10,21H2,1-5H3,(H,23,24). The van der Waals surface area contributed by atoms with Crippen LogP contribution in [0, 0.1) is 6.92 Å². The van der Waals surface area contributed by atoms with Gasteiger partial charge in [-0.3, -0.25) is 0 Å². The van der Waals surface area contributed by atoms with E-state index in [4.69, 9.17) is 5.73 Å². The summed E-state index contributed by atoms with van der Waals surface area (Å²) in [5.74, 6) is -0.868. The van der Waals surface area contributed by atoms with E-state index in [0.717, 1.165) is 42.3 Å². The highest BCUT2D eigenvalue weighted by molar-refractivity contribution is 5.97. The molecule has 1 aromatic carbocycles. The summed E-state index contributed by atoms with van der Waals surface area (Å²) >= 11 is 0. The van der Waals surface area contributed by atoms with Gasteiger partial charge in [-0.1, -0.05) is 34.1 Å². The van der Waals surface area contributed by atoms with Crippen LogP contribution in [-0.4, -0.2) is 22.2 Å². The summed E-state index contributed by atoms with van der Waals surface area (Å²) in [6.45, 7) is 12.0. The molecule has 2 aromatic rings. The Balaban J connectivity index is 2.90. The molecular formula is C20H30N2O2. The number of aryl methyl sites for hydroxylation is 1. The number of hydrogen-bond acceptors (Lipinski definition) is 2. The van der Waals surface area contributed by atoms with Crippen molar-refractivity contribution in [3.63, 3.8) is 0 Å². The van der Waals surface area contributed by atoms with E-state index in [0.29, 0.717) is 12.1 Å². The molecule has 2 rings (SSSR count). The van der Waals surface area contributed by atoms with Crippen LogP contribution in [0.25, 0.3) is 10.9 Å². The monoisotopic (exact) mass is 330 g/mol. The van der Waals surface area contributed by atoms with Crippen molar-refractivity contribution in [2.45, 2.75) is 65.8 Å². The number of carboxylic acid groups (broad SMARTS) is 1. The molecule has 0 aliphatic carbocycles. The molecule has 132 valence electrons. The maximum Gasteiger partial charge on any atom is 0.335 e. The molecule has 1 heterocycles. The second kappa shape index (κ2) is 6.98. The minimum atomic E-state index is -0.868. The lowest BCUT2D eigenvalue weighted by Crippen LogP contribution is -2.17. The molecule has 4 nitrogen and oxygen atoms in total. The molecule has 3 N–H and O–H groups in total. The van der Waals surface area contributed by atoms with Crippen molar-refractivity contribution in [1.29, 1.82) is 0 Å². The lowest BCUT2D eigenvalue weighted by atomic mass is 9.84. The lowest BCUT2D eigenvalue weighted by molar-refractivity contribution is 0.0697. The Labute approximate surface area is 144 Å². The lowest BCUT2D eigenvalue weighted by Gasteiger charge is -2.23. The number of carbonyl (C=O) groups is 1. The third-order valence-electron chi connectivity index (χ3n) is 4.73. The summed E-state index contributed by atoms with van der Waals surface area (Å²) in [6, 6.07) is 3.68. The van der Waals surface area contributed by atoms with Crippen LogP contribution in [0.2, 0.25) is 0 Å². The van der Waals surface area contributed by atoms with Gasteiger partial charge in [-0.15, -0.1) is 0 Å². The molecule has 0 saturated heterocycles. The molecule has 0 aliphatic rings. The van der Waals surface area contributed by atoms with E-state index >= 15 is 0 Å². The number of rotatable bonds is 6. The van der Waals surface area contributed by atoms with Gasteiger partial charge in [-0.05, 0) is 48.4 Å². The SMILES string of the molecule is CCCCc1c(C)n(CCN)c2c(C(C)(C)C)cc(C(=O)O)cc12. The van der Waals surface area contributed by atoms with E-state index in [1.54, 1.807) is 0 Å². The number of carboxylic acids is 1. The third-order valence-corrected chi connectivity index (χ3v) is 4.73. The quantitative estimate of drug-likeness (QED) is 0.832. The second-order valence-corrected chi connectivity index (χ2v) is 7.58. The van der Waals surface area contributed by atoms with Crippen molar-refractivity contribution < 1.29 is 9.90 Å². The van der Waals surface area contributed by atoms with E-state index in [9.17, 15) is 9.90 Å². The van der Waals surface area contributed by atoms with Gasteiger partial charge >= 0.3 is 5.97 Å². The molecule has 0 atom stereocenters. The zero-order valence-corrected chi connectivity index (χ0v) is 15.6. The Morgan fingerprint density at radius 1 is 1.29 bits per heavy atom. The summed E-state index contributed by atoms with van der Waals surface area (Å²) in [5.41, 5.74) is 10.8. The molecule has 0 fully saturated rings. The molecule has 24 heavy (non-hydrogen) atoms. The van der Waals surface area contributed by atoms with Crippen LogP contribution >= 0.6 is 0 Å². The number of benzene rings is 1. The molecule has 4 heteroatoms. The van der Waals surface area contributed by atoms with Crippen LogP contribution < -0.4 is 5.73 Å². The van der Waals surface area contributed by atoms with Gasteiger partial charge in [-0.2, -0.15) is 0 Å². The van der Waals surface area contributed by atoms with Crippen LogP contribution in [0.1, 0.15) is 67.7 Å². The van der Waals surface area contributed by atoms with Gasteiger partial charge in [0.15, 0.2) is 0 Å². The Bertz CT molecular complexity index is 751. The first-order valence-electron chi connectivity index (χ1n) is 8.81. The van der Waals surface area contributed by atoms with Crippen molar-refractivity contribution in [2.75, 3.05) is 6.54 Å². The Morgan fingerprint density at radius 3 is 2.46 bits per heavy atom. The molecule has 0 amide bonds. The minimum Gasteiger partial charge on any atom is -0.478 e. The van der Waals surface area contributed by atoms with E-state index in [1.165, 1.54) is 11.3 Å². The number of nitrogens with zero attached hydrogens (tertiary/aromatic N) is 1. The number of nitrogens with two attached hydrogens (primary N) is 1. The Morgan fingerprint density at radius 2 is 1.96 bits per heavy atom. The number of aromatic carboxylic acids is 1. The average Bonchev–Trinajstić information content (AvgIpc) is 2.76. The summed E-state index contributed by atoms with van der Waals surface area (Å²) in [4.78, 5) is 11.6. The maximum atomic E-state index is 11.6. The molecule has 0 radical (unpaired) electrons. The van der Waals surface area contributed by atoms with Gasteiger partial charge in [0.1, 0.15) is 0 Å². The van der Waals surface area contributed by atoms with Gasteiger partial charge in [-0.25, -0.2) is 4.79 Å². The highest BCUT2D eigenvalue weighted by Gasteiger charge is 2.25. The summed E-state index contributed by atoms with van der Waals surface area (Å²) in [7, 11) is 0. The zero-order valence-electron chi connectivity index (χ0n) is 15.6. The van der Waals surface area contributed by atoms with E-state index < -0.39 is 5.97 Å². The number of hydrogen-bond donors (Lipinski definition) is 2. The maximum absolute atomic E-state index is 11.6. The molecule has 0 saturated carbocycles. The van der Waals surface area contributed by atoms with E-state index in [1.807, 2.05) is 12.1 Å². The van der Waals surface area contributed by atoms with Crippen LogP contribution in [-0.2, 0) is 18.4 Å². The third kappa shape index (κ3) is 3.34. The highest BCUT2D eigenvalue weighted by Crippen LogP contribution is 2.36. The topological polar surface area (TPSA) is 68.2 Å². The minimum absolute atomic E-state index is 0.136. The van der Waals surface area contributed by atoms with Gasteiger partial charge in [0.25, 0.3) is 0 Å². The number of aromatic nitrogens is 1. The first-order valence-corrected chi connectivity index (χ1v) is 8.81. The van der Waals surface area contributed by atoms with Gasteiger partial charge in [0, 0.05) is 24.2 Å². The summed E-state index contributed by atoms with van der Waals surface area (Å²) < 4.78 is 2.28. The molecular weight excluding hydrogens is 300 g/mol. The fourth-order valence-electron chi connectivity index (χ4n) is 3.45. The van der Waals surface area contributed by atoms with Crippen LogP contribution in [0.3, 0.4) is 0 Å². The first kappa shape index (κ1) is 18.5. The number of unbranched alkanes of at least 4 members (excludes halogenated alkanes) is 1. The van der Waals surface area contributed by atoms with Crippen molar-refractivity contribution in [3.05, 3.63) is 34.5 Å². The van der Waals surface area contributed by atoms with Crippen molar-refractivity contribution in [3.8, 4) is 0 Å².